The van der Waals surface area contributed by atoms with E-state index in [-0.39, 0.29) is 22.1 Å². The van der Waals surface area contributed by atoms with E-state index in [1.165, 1.54) is 18.5 Å². The van der Waals surface area contributed by atoms with Crippen LogP contribution in [0.1, 0.15) is 16.8 Å². The molecule has 0 saturated carbocycles. The number of nitrogens with two attached hydrogens (primary N) is 1. The molecule has 0 fully saturated rings. The minimum Gasteiger partial charge on any atom is -0.393 e. The second-order valence-corrected chi connectivity index (χ2v) is 6.61. The fourth-order valence-electron chi connectivity index (χ4n) is 2.38. The number of aromatic nitrogens is 4. The third-order valence-corrected chi connectivity index (χ3v) is 4.35. The van der Waals surface area contributed by atoms with Gasteiger partial charge in [-0.15, -0.1) is 0 Å². The SMILES string of the molecule is Nc1c(NCCCn2ccnc2)ncnc1NNC(=O)c1ccc(Cl)cc1Cl. The normalized spacial score (nSPS) is 10.5. The Balaban J connectivity index is 1.55. The summed E-state index contributed by atoms with van der Waals surface area (Å²) in [6, 6.07) is 4.59. The Bertz CT molecular complexity index is 948. The van der Waals surface area contributed by atoms with E-state index in [2.05, 4.69) is 31.1 Å². The average Bonchev–Trinajstić information content (AvgIpc) is 3.18. The maximum Gasteiger partial charge on any atom is 0.271 e. The average molecular weight is 421 g/mol. The van der Waals surface area contributed by atoms with E-state index < -0.39 is 5.91 Å². The van der Waals surface area contributed by atoms with Crippen LogP contribution in [0.3, 0.4) is 0 Å². The minimum atomic E-state index is -0.450. The first kappa shape index (κ1) is 19.7. The molecule has 9 nitrogen and oxygen atoms in total. The van der Waals surface area contributed by atoms with Gasteiger partial charge in [-0.05, 0) is 24.6 Å². The predicted molar refractivity (Wildman–Crippen MR) is 109 cm³/mol. The molecule has 11 heteroatoms. The second-order valence-electron chi connectivity index (χ2n) is 5.77. The molecular weight excluding hydrogens is 403 g/mol. The van der Waals surface area contributed by atoms with Crippen LogP contribution in [0.4, 0.5) is 17.3 Å². The van der Waals surface area contributed by atoms with Crippen molar-refractivity contribution in [2.45, 2.75) is 13.0 Å². The number of carbonyl (C=O) groups is 1. The first-order chi connectivity index (χ1) is 13.5. The van der Waals surface area contributed by atoms with E-state index >= 15 is 0 Å². The molecule has 2 aromatic heterocycles. The van der Waals surface area contributed by atoms with Crippen molar-refractivity contribution in [1.82, 2.24) is 24.9 Å². The van der Waals surface area contributed by atoms with Crippen molar-refractivity contribution in [3.05, 3.63) is 58.9 Å². The summed E-state index contributed by atoms with van der Waals surface area (Å²) in [5, 5.41) is 3.83. The van der Waals surface area contributed by atoms with Gasteiger partial charge in [0, 0.05) is 30.5 Å². The van der Waals surface area contributed by atoms with Crippen molar-refractivity contribution < 1.29 is 4.79 Å². The molecule has 3 rings (SSSR count). The number of halogens is 2. The highest BCUT2D eigenvalue weighted by Crippen LogP contribution is 2.23. The van der Waals surface area contributed by atoms with Crippen molar-refractivity contribution in [3.63, 3.8) is 0 Å². The zero-order valence-corrected chi connectivity index (χ0v) is 16.2. The first-order valence-electron chi connectivity index (χ1n) is 8.36. The quantitative estimate of drug-likeness (QED) is 0.326. The smallest absolute Gasteiger partial charge is 0.271 e. The highest BCUT2D eigenvalue weighted by atomic mass is 35.5. The number of rotatable bonds is 8. The molecule has 1 amide bonds. The van der Waals surface area contributed by atoms with Crippen LogP contribution in [-0.4, -0.2) is 32.0 Å². The van der Waals surface area contributed by atoms with Crippen molar-refractivity contribution in [2.75, 3.05) is 23.0 Å². The third kappa shape index (κ3) is 5.02. The van der Waals surface area contributed by atoms with Crippen molar-refractivity contribution in [2.24, 2.45) is 0 Å². The highest BCUT2D eigenvalue weighted by Gasteiger charge is 2.12. The number of amides is 1. The Morgan fingerprint density at radius 1 is 1.21 bits per heavy atom. The number of nitrogens with zero attached hydrogens (tertiary/aromatic N) is 4. The molecule has 146 valence electrons. The molecule has 3 aromatic rings. The number of imidazole rings is 1. The molecule has 0 atom stereocenters. The van der Waals surface area contributed by atoms with E-state index in [9.17, 15) is 4.79 Å². The highest BCUT2D eigenvalue weighted by molar-refractivity contribution is 6.36. The zero-order chi connectivity index (χ0) is 19.9. The minimum absolute atomic E-state index is 0.239. The number of aryl methyl sites for hydroxylation is 1. The van der Waals surface area contributed by atoms with Gasteiger partial charge in [0.25, 0.3) is 5.91 Å². The number of carbonyl (C=O) groups excluding carboxylic acids is 1. The third-order valence-electron chi connectivity index (χ3n) is 3.80. The second kappa shape index (κ2) is 9.25. The molecule has 1 aromatic carbocycles. The van der Waals surface area contributed by atoms with Gasteiger partial charge in [0.2, 0.25) is 0 Å². The zero-order valence-electron chi connectivity index (χ0n) is 14.7. The molecule has 0 saturated heterocycles. The fraction of sp³-hybridized carbons (Fsp3) is 0.176. The molecule has 0 unspecified atom stereocenters. The summed E-state index contributed by atoms with van der Waals surface area (Å²) in [4.78, 5) is 24.4. The Hall–Kier alpha value is -3.04. The summed E-state index contributed by atoms with van der Waals surface area (Å²) in [5.74, 6) is 0.293. The molecule has 2 heterocycles. The lowest BCUT2D eigenvalue weighted by atomic mass is 10.2. The summed E-state index contributed by atoms with van der Waals surface area (Å²) >= 11 is 11.9. The first-order valence-corrected chi connectivity index (χ1v) is 9.11. The molecule has 28 heavy (non-hydrogen) atoms. The monoisotopic (exact) mass is 420 g/mol. The van der Waals surface area contributed by atoms with Gasteiger partial charge in [-0.1, -0.05) is 23.2 Å². The number of nitrogen functional groups attached to an aromatic ring is 1. The Kier molecular flexibility index (Phi) is 6.51. The number of hydrazine groups is 1. The van der Waals surface area contributed by atoms with Gasteiger partial charge in [-0.3, -0.25) is 15.6 Å². The van der Waals surface area contributed by atoms with E-state index in [0.717, 1.165) is 13.0 Å². The van der Waals surface area contributed by atoms with Crippen molar-refractivity contribution in [3.8, 4) is 0 Å². The van der Waals surface area contributed by atoms with E-state index in [1.54, 1.807) is 18.6 Å². The summed E-state index contributed by atoms with van der Waals surface area (Å²) < 4.78 is 1.98. The van der Waals surface area contributed by atoms with Crippen LogP contribution in [0.15, 0.2) is 43.2 Å². The fourth-order valence-corrected chi connectivity index (χ4v) is 2.87. The van der Waals surface area contributed by atoms with Crippen LogP contribution in [0.2, 0.25) is 10.0 Å². The van der Waals surface area contributed by atoms with Crippen molar-refractivity contribution >= 4 is 46.4 Å². The lowest BCUT2D eigenvalue weighted by Crippen LogP contribution is -2.30. The largest absolute Gasteiger partial charge is 0.393 e. The van der Waals surface area contributed by atoms with E-state index in [4.69, 9.17) is 28.9 Å². The lowest BCUT2D eigenvalue weighted by Gasteiger charge is -2.13. The van der Waals surface area contributed by atoms with E-state index in [1.807, 2.05) is 10.8 Å². The van der Waals surface area contributed by atoms with E-state index in [0.29, 0.717) is 17.4 Å². The molecule has 0 aliphatic carbocycles. The number of hydrogen-bond donors (Lipinski definition) is 4. The molecular formula is C17H18Cl2N8O. The Morgan fingerprint density at radius 2 is 2.04 bits per heavy atom. The van der Waals surface area contributed by atoms with Gasteiger partial charge in [0.05, 0.1) is 16.9 Å². The van der Waals surface area contributed by atoms with Gasteiger partial charge >= 0.3 is 0 Å². The number of hydrogen-bond acceptors (Lipinski definition) is 7. The molecule has 0 aliphatic rings. The van der Waals surface area contributed by atoms with Crippen LogP contribution in [0, 0.1) is 0 Å². The van der Waals surface area contributed by atoms with Crippen LogP contribution < -0.4 is 21.9 Å². The maximum atomic E-state index is 12.3. The molecule has 0 aliphatic heterocycles. The molecule has 0 bridgehead atoms. The lowest BCUT2D eigenvalue weighted by molar-refractivity contribution is 0.0962. The van der Waals surface area contributed by atoms with Crippen LogP contribution >= 0.6 is 23.2 Å². The summed E-state index contributed by atoms with van der Waals surface area (Å²) in [5.41, 5.74) is 11.8. The topological polar surface area (TPSA) is 123 Å². The number of anilines is 3. The van der Waals surface area contributed by atoms with Gasteiger partial charge in [0.1, 0.15) is 12.0 Å². The summed E-state index contributed by atoms with van der Waals surface area (Å²) in [6.07, 6.45) is 7.60. The van der Waals surface area contributed by atoms with Gasteiger partial charge in [-0.2, -0.15) is 0 Å². The van der Waals surface area contributed by atoms with Gasteiger partial charge in [-0.25, -0.2) is 15.0 Å². The number of nitrogens with one attached hydrogen (secondary N) is 3. The number of benzene rings is 1. The summed E-state index contributed by atoms with van der Waals surface area (Å²) in [6.45, 7) is 1.48. The van der Waals surface area contributed by atoms with Gasteiger partial charge < -0.3 is 15.6 Å². The molecule has 0 radical (unpaired) electrons. The molecule has 5 N–H and O–H groups in total. The van der Waals surface area contributed by atoms with Crippen LogP contribution in [0.5, 0.6) is 0 Å². The summed E-state index contributed by atoms with van der Waals surface area (Å²) in [7, 11) is 0. The molecule has 0 spiro atoms. The Morgan fingerprint density at radius 3 is 2.79 bits per heavy atom. The van der Waals surface area contributed by atoms with Crippen molar-refractivity contribution in [1.29, 1.82) is 0 Å². The van der Waals surface area contributed by atoms with Crippen LogP contribution in [0.25, 0.3) is 0 Å². The standard InChI is InChI=1S/C17H18Cl2N8O/c18-11-2-3-12(13(19)8-11)17(28)26-25-16-14(20)15(23-9-24-16)22-4-1-6-27-7-5-21-10-27/h2-3,5,7-10H,1,4,6,20H2,(H,26,28)(H2,22,23,24,25). The predicted octanol–water partition coefficient (Wildman–Crippen LogP) is 2.82. The van der Waals surface area contributed by atoms with Gasteiger partial charge in [0.15, 0.2) is 11.6 Å². The van der Waals surface area contributed by atoms with Crippen LogP contribution in [-0.2, 0) is 6.54 Å². The Labute approximate surface area is 171 Å². The maximum absolute atomic E-state index is 12.3.